The van der Waals surface area contributed by atoms with Crippen molar-refractivity contribution in [3.05, 3.63) is 59.7 Å². The largest absolute Gasteiger partial charge is 0.480 e. The lowest BCUT2D eigenvalue weighted by molar-refractivity contribution is -0.150. The van der Waals surface area contributed by atoms with E-state index in [9.17, 15) is 24.3 Å². The molecule has 0 saturated heterocycles. The molecule has 2 aromatic carbocycles. The molecule has 0 radical (unpaired) electrons. The minimum atomic E-state index is -1.19. The molecule has 2 atom stereocenters. The average molecular weight is 922 g/mol. The summed E-state index contributed by atoms with van der Waals surface area (Å²) in [5, 5.41) is 12.5. The van der Waals surface area contributed by atoms with Crippen LogP contribution < -0.4 is 5.32 Å². The molecule has 9 nitrogen and oxygen atoms in total. The number of thioether (sulfide) groups is 1. The molecule has 0 spiro atoms. The van der Waals surface area contributed by atoms with Crippen molar-refractivity contribution in [3.8, 4) is 11.1 Å². The lowest BCUT2D eigenvalue weighted by Crippen LogP contribution is -2.43. The van der Waals surface area contributed by atoms with Crippen LogP contribution in [-0.2, 0) is 28.6 Å². The molecule has 0 aromatic heterocycles. The summed E-state index contributed by atoms with van der Waals surface area (Å²) in [6.45, 7) is 4.84. The molecule has 10 heteroatoms. The van der Waals surface area contributed by atoms with E-state index in [1.807, 2.05) is 36.4 Å². The number of carboxylic acid groups (broad SMARTS) is 1. The number of esters is 2. The number of alkyl carbamates (subject to hydrolysis) is 1. The van der Waals surface area contributed by atoms with E-state index in [2.05, 4.69) is 31.3 Å². The number of unbranched alkanes of at least 4 members (excludes halogenated alkanes) is 24. The van der Waals surface area contributed by atoms with Crippen LogP contribution in [0.2, 0.25) is 0 Å². The van der Waals surface area contributed by atoms with Gasteiger partial charge in [-0.05, 0) is 47.9 Å². The molecule has 0 bridgehead atoms. The van der Waals surface area contributed by atoms with Gasteiger partial charge >= 0.3 is 24.0 Å². The molecule has 0 fully saturated rings. The summed E-state index contributed by atoms with van der Waals surface area (Å²) >= 11 is 1.31. The van der Waals surface area contributed by atoms with E-state index >= 15 is 0 Å². The number of amides is 1. The Bertz CT molecular complexity index is 1540. The normalized spacial score (nSPS) is 12.9. The number of ether oxygens (including phenoxy) is 3. The van der Waals surface area contributed by atoms with Gasteiger partial charge in [-0.15, -0.1) is 0 Å². The molecular weight excluding hydrogens is 835 g/mol. The Hall–Kier alpha value is -3.53. The second-order valence-electron chi connectivity index (χ2n) is 18.4. The number of benzene rings is 2. The fraction of sp³-hybridized carbons (Fsp3) is 0.709. The van der Waals surface area contributed by atoms with E-state index < -0.39 is 24.2 Å². The Kier molecular flexibility index (Phi) is 31.4. The second-order valence-corrected chi connectivity index (χ2v) is 19.4. The molecular formula is C55H87NO8S. The summed E-state index contributed by atoms with van der Waals surface area (Å²) in [5.41, 5.74) is 4.37. The molecule has 0 saturated carbocycles. The molecule has 2 N–H and O–H groups in total. The van der Waals surface area contributed by atoms with Crippen LogP contribution in [0.4, 0.5) is 4.79 Å². The highest BCUT2D eigenvalue weighted by molar-refractivity contribution is 7.99. The van der Waals surface area contributed by atoms with E-state index in [4.69, 9.17) is 14.2 Å². The summed E-state index contributed by atoms with van der Waals surface area (Å²) in [7, 11) is 0. The third-order valence-corrected chi connectivity index (χ3v) is 13.9. The van der Waals surface area contributed by atoms with Gasteiger partial charge in [0.15, 0.2) is 0 Å². The summed E-state index contributed by atoms with van der Waals surface area (Å²) in [6.07, 6.45) is 32.8. The Morgan fingerprint density at radius 2 is 0.985 bits per heavy atom. The maximum atomic E-state index is 13.0. The number of carboxylic acids is 1. The van der Waals surface area contributed by atoms with E-state index in [1.165, 1.54) is 140 Å². The number of rotatable bonds is 41. The summed E-state index contributed by atoms with van der Waals surface area (Å²) in [6, 6.07) is 14.9. The van der Waals surface area contributed by atoms with Crippen LogP contribution in [0, 0.1) is 0 Å². The van der Waals surface area contributed by atoms with Gasteiger partial charge in [0, 0.05) is 30.3 Å². The smallest absolute Gasteiger partial charge is 0.407 e. The standard InChI is InChI=1S/C55H87NO8S/c1-3-5-7-9-11-13-15-17-19-21-23-25-27-39-52(57)62-41-33-34-45(64-53(58)40-28-26-24-22-20-18-16-14-12-10-8-6-4-2)43-65-44-51(54(59)60)56-55(61)63-42-50-48-37-31-29-35-46(48)47-36-30-32-38-49(47)50/h29-32,35-38,45,50-51H,3-28,33-34,39-44H2,1-2H3,(H,56,61)(H,59,60)/t45-,51+/m1/s1. The van der Waals surface area contributed by atoms with Gasteiger partial charge in [0.1, 0.15) is 18.8 Å². The van der Waals surface area contributed by atoms with Crippen LogP contribution in [0.15, 0.2) is 48.5 Å². The maximum Gasteiger partial charge on any atom is 0.407 e. The number of hydrogen-bond donors (Lipinski definition) is 2. The van der Waals surface area contributed by atoms with Crippen molar-refractivity contribution in [2.45, 2.75) is 225 Å². The lowest BCUT2D eigenvalue weighted by atomic mass is 9.98. The zero-order valence-electron chi connectivity index (χ0n) is 40.6. The van der Waals surface area contributed by atoms with Gasteiger partial charge < -0.3 is 24.6 Å². The molecule has 0 aliphatic heterocycles. The molecule has 65 heavy (non-hydrogen) atoms. The lowest BCUT2D eigenvalue weighted by Gasteiger charge is -2.20. The number of aliphatic carboxylic acids is 1. The van der Waals surface area contributed by atoms with Gasteiger partial charge in [-0.3, -0.25) is 9.59 Å². The van der Waals surface area contributed by atoms with Gasteiger partial charge in [0.2, 0.25) is 0 Å². The molecule has 0 heterocycles. The molecule has 366 valence electrons. The van der Waals surface area contributed by atoms with Crippen LogP contribution in [0.25, 0.3) is 11.1 Å². The monoisotopic (exact) mass is 922 g/mol. The van der Waals surface area contributed by atoms with Crippen LogP contribution in [0.5, 0.6) is 0 Å². The fourth-order valence-electron chi connectivity index (χ4n) is 8.84. The Morgan fingerprint density at radius 1 is 0.554 bits per heavy atom. The van der Waals surface area contributed by atoms with Crippen molar-refractivity contribution in [3.63, 3.8) is 0 Å². The van der Waals surface area contributed by atoms with Crippen LogP contribution in [0.1, 0.15) is 224 Å². The molecule has 0 unspecified atom stereocenters. The van der Waals surface area contributed by atoms with Gasteiger partial charge in [-0.1, -0.05) is 216 Å². The Labute approximate surface area is 398 Å². The number of carbonyl (C=O) groups is 4. The van der Waals surface area contributed by atoms with Gasteiger partial charge in [0.25, 0.3) is 0 Å². The second kappa shape index (κ2) is 36.6. The molecule has 1 aliphatic rings. The van der Waals surface area contributed by atoms with Crippen LogP contribution >= 0.6 is 11.8 Å². The summed E-state index contributed by atoms with van der Waals surface area (Å²) in [4.78, 5) is 50.7. The molecule has 2 aromatic rings. The minimum absolute atomic E-state index is 0.0700. The molecule has 1 aliphatic carbocycles. The fourth-order valence-corrected chi connectivity index (χ4v) is 9.93. The highest BCUT2D eigenvalue weighted by Gasteiger charge is 2.30. The van der Waals surface area contributed by atoms with Crippen molar-refractivity contribution in [2.24, 2.45) is 0 Å². The van der Waals surface area contributed by atoms with E-state index in [0.717, 1.165) is 60.8 Å². The van der Waals surface area contributed by atoms with Crippen molar-refractivity contribution in [1.82, 2.24) is 5.32 Å². The molecule has 3 rings (SSSR count). The van der Waals surface area contributed by atoms with Crippen molar-refractivity contribution in [2.75, 3.05) is 24.7 Å². The minimum Gasteiger partial charge on any atom is -0.480 e. The van der Waals surface area contributed by atoms with Gasteiger partial charge in [0.05, 0.1) is 6.61 Å². The zero-order chi connectivity index (χ0) is 46.6. The quantitative estimate of drug-likeness (QED) is 0.0380. The van der Waals surface area contributed by atoms with Crippen molar-refractivity contribution < 1.29 is 38.5 Å². The van der Waals surface area contributed by atoms with Crippen molar-refractivity contribution in [1.29, 1.82) is 0 Å². The predicted molar refractivity (Wildman–Crippen MR) is 268 cm³/mol. The Balaban J connectivity index is 1.36. The van der Waals surface area contributed by atoms with E-state index in [-0.39, 0.29) is 36.8 Å². The zero-order valence-corrected chi connectivity index (χ0v) is 41.4. The van der Waals surface area contributed by atoms with Crippen molar-refractivity contribution >= 4 is 35.8 Å². The van der Waals surface area contributed by atoms with Gasteiger partial charge in [-0.2, -0.15) is 11.8 Å². The third kappa shape index (κ3) is 25.3. The average Bonchev–Trinajstić information content (AvgIpc) is 3.62. The first-order valence-electron chi connectivity index (χ1n) is 26.1. The van der Waals surface area contributed by atoms with E-state index in [1.54, 1.807) is 0 Å². The SMILES string of the molecule is CCCCCCCCCCCCCCCC(=O)OCCC[C@H](CSC[C@H](NC(=O)OCC1c2ccccc2-c2ccccc21)C(=O)O)OC(=O)CCCCCCCCCCCCCCC. The predicted octanol–water partition coefficient (Wildman–Crippen LogP) is 14.9. The number of hydrogen-bond acceptors (Lipinski definition) is 8. The first-order valence-corrected chi connectivity index (χ1v) is 27.3. The number of carbonyl (C=O) groups excluding carboxylic acids is 3. The molecule has 1 amide bonds. The van der Waals surface area contributed by atoms with Crippen LogP contribution in [-0.4, -0.2) is 66.0 Å². The number of nitrogens with one attached hydrogen (secondary N) is 1. The summed E-state index contributed by atoms with van der Waals surface area (Å²) < 4.78 is 17.1. The first kappa shape index (κ1) is 55.8. The topological polar surface area (TPSA) is 128 Å². The van der Waals surface area contributed by atoms with Gasteiger partial charge in [-0.25, -0.2) is 9.59 Å². The highest BCUT2D eigenvalue weighted by atomic mass is 32.2. The third-order valence-electron chi connectivity index (χ3n) is 12.7. The number of fused-ring (bicyclic) bond motifs is 3. The maximum absolute atomic E-state index is 13.0. The summed E-state index contributed by atoms with van der Waals surface area (Å²) in [5.74, 6) is -1.34. The van der Waals surface area contributed by atoms with E-state index in [0.29, 0.717) is 31.4 Å². The first-order chi connectivity index (χ1) is 31.8. The highest BCUT2D eigenvalue weighted by Crippen LogP contribution is 2.44. The van der Waals surface area contributed by atoms with Crippen LogP contribution in [0.3, 0.4) is 0 Å². The Morgan fingerprint density at radius 3 is 1.45 bits per heavy atom.